The summed E-state index contributed by atoms with van der Waals surface area (Å²) in [5, 5.41) is 12.2. The maximum absolute atomic E-state index is 11.1. The van der Waals surface area contributed by atoms with E-state index in [0.29, 0.717) is 11.3 Å². The highest BCUT2D eigenvalue weighted by Gasteiger charge is 2.47. The molecule has 6 nitrogen and oxygen atoms in total. The molecule has 1 heterocycles. The van der Waals surface area contributed by atoms with Crippen LogP contribution >= 0.6 is 0 Å². The van der Waals surface area contributed by atoms with E-state index in [9.17, 15) is 10.1 Å². The van der Waals surface area contributed by atoms with Gasteiger partial charge in [-0.05, 0) is 41.6 Å². The molecule has 0 saturated carbocycles. The topological polar surface area (TPSA) is 70.8 Å². The van der Waals surface area contributed by atoms with E-state index in [1.54, 1.807) is 26.4 Å². The Kier molecular flexibility index (Phi) is 4.84. The van der Waals surface area contributed by atoms with E-state index in [2.05, 4.69) is 19.6 Å². The van der Waals surface area contributed by atoms with E-state index in [-0.39, 0.29) is 5.69 Å². The molecule has 142 valence electrons. The average molecular weight is 385 g/mol. The molecule has 3 rings (SSSR count). The minimum absolute atomic E-state index is 0.0397. The van der Waals surface area contributed by atoms with Crippen LogP contribution in [0.1, 0.15) is 11.1 Å². The maximum atomic E-state index is 11.1. The van der Waals surface area contributed by atoms with Gasteiger partial charge in [0.2, 0.25) is 0 Å². The Morgan fingerprint density at radius 3 is 2.26 bits per heavy atom. The standard InChI is InChI=1S/C20H23NO5Si/c1-24-17-9-6-15(7-10-17)20(25-2)19(27(3,4)5)13-14-12-16(21(22)23)8-11-18(14)26-20/h6-13H,1-5H3. The third kappa shape index (κ3) is 3.35. The van der Waals surface area contributed by atoms with Gasteiger partial charge in [0.25, 0.3) is 11.5 Å². The number of nitro benzene ring substituents is 1. The molecular formula is C20H23NO5Si. The molecule has 0 amide bonds. The normalized spacial score (nSPS) is 18.9. The van der Waals surface area contributed by atoms with Crippen molar-refractivity contribution >= 4 is 19.8 Å². The second-order valence-corrected chi connectivity index (χ2v) is 12.5. The van der Waals surface area contributed by atoms with Gasteiger partial charge in [0.15, 0.2) is 0 Å². The first-order chi connectivity index (χ1) is 12.7. The smallest absolute Gasteiger partial charge is 0.270 e. The SMILES string of the molecule is COc1ccc(C2(OC)Oc3ccc([N+](=O)[O-])cc3C=C2[Si](C)(C)C)cc1. The van der Waals surface area contributed by atoms with Gasteiger partial charge in [-0.15, -0.1) is 0 Å². The van der Waals surface area contributed by atoms with Crippen molar-refractivity contribution in [3.63, 3.8) is 0 Å². The van der Waals surface area contributed by atoms with Crippen LogP contribution < -0.4 is 9.47 Å². The van der Waals surface area contributed by atoms with Gasteiger partial charge in [0.05, 0.1) is 20.1 Å². The van der Waals surface area contributed by atoms with Crippen LogP contribution in [0, 0.1) is 10.1 Å². The predicted octanol–water partition coefficient (Wildman–Crippen LogP) is 4.76. The van der Waals surface area contributed by atoms with Crippen molar-refractivity contribution in [1.82, 2.24) is 0 Å². The molecule has 0 saturated heterocycles. The van der Waals surface area contributed by atoms with E-state index in [4.69, 9.17) is 14.2 Å². The summed E-state index contributed by atoms with van der Waals surface area (Å²) < 4.78 is 17.6. The molecule has 0 aliphatic carbocycles. The van der Waals surface area contributed by atoms with E-state index in [1.807, 2.05) is 30.3 Å². The molecule has 2 aromatic rings. The van der Waals surface area contributed by atoms with Crippen molar-refractivity contribution in [2.24, 2.45) is 0 Å². The number of benzene rings is 2. The van der Waals surface area contributed by atoms with Crippen LogP contribution in [0.3, 0.4) is 0 Å². The largest absolute Gasteiger partial charge is 0.497 e. The van der Waals surface area contributed by atoms with Crippen LogP contribution in [-0.4, -0.2) is 27.2 Å². The van der Waals surface area contributed by atoms with Crippen LogP contribution in [0.5, 0.6) is 11.5 Å². The Hall–Kier alpha value is -2.64. The zero-order valence-corrected chi connectivity index (χ0v) is 17.1. The van der Waals surface area contributed by atoms with Crippen molar-refractivity contribution in [1.29, 1.82) is 0 Å². The molecule has 0 aromatic heterocycles. The molecule has 1 unspecified atom stereocenters. The first kappa shape index (κ1) is 19.1. The lowest BCUT2D eigenvalue weighted by molar-refractivity contribution is -0.384. The van der Waals surface area contributed by atoms with Crippen molar-refractivity contribution in [2.75, 3.05) is 14.2 Å². The lowest BCUT2D eigenvalue weighted by Gasteiger charge is -2.43. The minimum Gasteiger partial charge on any atom is -0.497 e. The summed E-state index contributed by atoms with van der Waals surface area (Å²) in [5.74, 6) is 0.232. The van der Waals surface area contributed by atoms with Crippen molar-refractivity contribution in [3.05, 3.63) is 68.9 Å². The highest BCUT2D eigenvalue weighted by molar-refractivity contribution is 6.84. The first-order valence-electron chi connectivity index (χ1n) is 8.61. The average Bonchev–Trinajstić information content (AvgIpc) is 2.65. The van der Waals surface area contributed by atoms with E-state index >= 15 is 0 Å². The molecule has 0 bridgehead atoms. The lowest BCUT2D eigenvalue weighted by Crippen LogP contribution is -2.47. The van der Waals surface area contributed by atoms with Gasteiger partial charge in [0, 0.05) is 30.4 Å². The van der Waals surface area contributed by atoms with Gasteiger partial charge >= 0.3 is 0 Å². The number of fused-ring (bicyclic) bond motifs is 1. The second kappa shape index (κ2) is 6.83. The van der Waals surface area contributed by atoms with E-state index in [1.165, 1.54) is 6.07 Å². The fraction of sp³-hybridized carbons (Fsp3) is 0.300. The third-order valence-corrected chi connectivity index (χ3v) is 6.77. The first-order valence-corrected chi connectivity index (χ1v) is 12.1. The highest BCUT2D eigenvalue weighted by Crippen LogP contribution is 2.47. The summed E-state index contributed by atoms with van der Waals surface area (Å²) in [6, 6.07) is 12.2. The number of nitro groups is 1. The number of methoxy groups -OCH3 is 2. The number of rotatable bonds is 5. The molecule has 1 atom stereocenters. The second-order valence-electron chi connectivity index (χ2n) is 7.44. The Morgan fingerprint density at radius 1 is 1.07 bits per heavy atom. The fourth-order valence-electron chi connectivity index (χ4n) is 3.32. The van der Waals surface area contributed by atoms with Crippen LogP contribution in [0.2, 0.25) is 19.6 Å². The van der Waals surface area contributed by atoms with Crippen LogP contribution in [0.4, 0.5) is 5.69 Å². The quantitative estimate of drug-likeness (QED) is 0.422. The van der Waals surface area contributed by atoms with Gasteiger partial charge in [-0.2, -0.15) is 0 Å². The zero-order valence-electron chi connectivity index (χ0n) is 16.1. The molecule has 0 N–H and O–H groups in total. The molecule has 7 heteroatoms. The summed E-state index contributed by atoms with van der Waals surface area (Å²) >= 11 is 0. The predicted molar refractivity (Wildman–Crippen MR) is 107 cm³/mol. The molecule has 27 heavy (non-hydrogen) atoms. The Balaban J connectivity index is 2.21. The van der Waals surface area contributed by atoms with E-state index in [0.717, 1.165) is 16.5 Å². The number of ether oxygens (including phenoxy) is 3. The molecular weight excluding hydrogens is 362 g/mol. The number of hydrogen-bond acceptors (Lipinski definition) is 5. The van der Waals surface area contributed by atoms with Crippen molar-refractivity contribution in [2.45, 2.75) is 25.4 Å². The number of non-ortho nitro benzene ring substituents is 1. The lowest BCUT2D eigenvalue weighted by atomic mass is 9.99. The number of hydrogen-bond donors (Lipinski definition) is 0. The summed E-state index contributed by atoms with van der Waals surface area (Å²) in [4.78, 5) is 10.7. The monoisotopic (exact) mass is 385 g/mol. The van der Waals surface area contributed by atoms with Crippen molar-refractivity contribution < 1.29 is 19.1 Å². The Bertz CT molecular complexity index is 902. The summed E-state index contributed by atoms with van der Waals surface area (Å²) in [5.41, 5.74) is 1.59. The molecule has 0 radical (unpaired) electrons. The van der Waals surface area contributed by atoms with E-state index < -0.39 is 18.8 Å². The molecule has 1 aliphatic heterocycles. The van der Waals surface area contributed by atoms with Gasteiger partial charge in [-0.3, -0.25) is 10.1 Å². The van der Waals surface area contributed by atoms with Crippen LogP contribution in [0.25, 0.3) is 6.08 Å². The molecule has 1 aliphatic rings. The number of nitrogens with zero attached hydrogens (tertiary/aromatic N) is 1. The van der Waals surface area contributed by atoms with Gasteiger partial charge in [0.1, 0.15) is 11.5 Å². The third-order valence-electron chi connectivity index (χ3n) is 4.68. The Morgan fingerprint density at radius 2 is 1.74 bits per heavy atom. The van der Waals surface area contributed by atoms with Gasteiger partial charge < -0.3 is 14.2 Å². The van der Waals surface area contributed by atoms with Crippen LogP contribution in [-0.2, 0) is 10.5 Å². The molecule has 0 spiro atoms. The van der Waals surface area contributed by atoms with Gasteiger partial charge in [-0.1, -0.05) is 19.6 Å². The molecule has 0 fully saturated rings. The van der Waals surface area contributed by atoms with Crippen molar-refractivity contribution in [3.8, 4) is 11.5 Å². The summed E-state index contributed by atoms with van der Waals surface area (Å²) in [6.45, 7) is 6.59. The maximum Gasteiger partial charge on any atom is 0.270 e. The summed E-state index contributed by atoms with van der Waals surface area (Å²) in [6.07, 6.45) is 1.99. The molecule has 2 aromatic carbocycles. The minimum atomic E-state index is -1.92. The zero-order chi connectivity index (χ0) is 19.8. The summed E-state index contributed by atoms with van der Waals surface area (Å²) in [7, 11) is 1.32. The Labute approximate surface area is 159 Å². The van der Waals surface area contributed by atoms with Crippen LogP contribution in [0.15, 0.2) is 47.7 Å². The van der Waals surface area contributed by atoms with Gasteiger partial charge in [-0.25, -0.2) is 0 Å². The highest BCUT2D eigenvalue weighted by atomic mass is 28.3. The fourth-order valence-corrected chi connectivity index (χ4v) is 5.19.